The van der Waals surface area contributed by atoms with E-state index in [0.717, 1.165) is 30.5 Å². The molecule has 0 spiro atoms. The van der Waals surface area contributed by atoms with Crippen LogP contribution in [0.15, 0.2) is 24.3 Å². The predicted octanol–water partition coefficient (Wildman–Crippen LogP) is 4.32. The van der Waals surface area contributed by atoms with Crippen LogP contribution in [0, 0.1) is 0 Å². The summed E-state index contributed by atoms with van der Waals surface area (Å²) >= 11 is 1.23. The summed E-state index contributed by atoms with van der Waals surface area (Å²) in [5, 5.41) is 3.39. The van der Waals surface area contributed by atoms with Gasteiger partial charge in [-0.1, -0.05) is 22.2 Å². The number of nitrogens with one attached hydrogen (secondary N) is 1. The Kier molecular flexibility index (Phi) is 8.37. The number of likely N-dealkylation sites (tertiary alicyclic amines) is 1. The first-order valence-corrected chi connectivity index (χ1v) is 12.4. The number of hydrogen-bond donors (Lipinski definition) is 1. The van der Waals surface area contributed by atoms with Crippen LogP contribution >= 0.6 is 20.6 Å². The minimum atomic E-state index is -3.02. The van der Waals surface area contributed by atoms with Crippen LogP contribution in [0.5, 0.6) is 0 Å². The van der Waals surface area contributed by atoms with Crippen molar-refractivity contribution in [3.8, 4) is 0 Å². The number of halogens is 2. The SMILES string of the molecule is CCN(CCC1CCC(C)N1C)CC(C=O)NC(=O)c1cc2cc(C(F)(F)P)ccc2s1. The lowest BCUT2D eigenvalue weighted by Gasteiger charge is -2.28. The standard InChI is InChI=1S/C23H32F2N3O2PS/c1-4-28(10-9-19-7-5-15(2)27(19)3)13-18(14-29)26-22(30)21-12-16-11-17(23(24,25)31)6-8-20(16)32-21/h6,8,11-12,14-15,18-19H,4-5,7,9-10,13,31H2,1-3H3,(H,26,30). The first-order valence-electron chi connectivity index (χ1n) is 11.0. The molecule has 4 atom stereocenters. The van der Waals surface area contributed by atoms with Crippen molar-refractivity contribution in [3.05, 3.63) is 34.7 Å². The third-order valence-corrected chi connectivity index (χ3v) is 7.92. The summed E-state index contributed by atoms with van der Waals surface area (Å²) in [6, 6.07) is 6.50. The van der Waals surface area contributed by atoms with E-state index in [4.69, 9.17) is 0 Å². The number of fused-ring (bicyclic) bond motifs is 1. The summed E-state index contributed by atoms with van der Waals surface area (Å²) in [7, 11) is 3.69. The third-order valence-electron chi connectivity index (χ3n) is 6.48. The molecule has 0 bridgehead atoms. The molecule has 4 unspecified atom stereocenters. The normalized spacial score (nSPS) is 20.7. The quantitative estimate of drug-likeness (QED) is 0.404. The van der Waals surface area contributed by atoms with Crippen molar-refractivity contribution >= 4 is 42.9 Å². The highest BCUT2D eigenvalue weighted by Gasteiger charge is 2.28. The van der Waals surface area contributed by atoms with Gasteiger partial charge in [-0.15, -0.1) is 11.3 Å². The minimum absolute atomic E-state index is 0.119. The third kappa shape index (κ3) is 6.10. The van der Waals surface area contributed by atoms with E-state index in [1.807, 2.05) is 0 Å². The van der Waals surface area contributed by atoms with E-state index in [9.17, 15) is 18.4 Å². The van der Waals surface area contributed by atoms with Gasteiger partial charge in [0.05, 0.1) is 10.9 Å². The van der Waals surface area contributed by atoms with E-state index in [1.165, 1.54) is 45.6 Å². The maximum absolute atomic E-state index is 13.6. The molecule has 1 saturated heterocycles. The number of hydrogen-bond acceptors (Lipinski definition) is 5. The van der Waals surface area contributed by atoms with Gasteiger partial charge >= 0.3 is 0 Å². The topological polar surface area (TPSA) is 52.6 Å². The number of likely N-dealkylation sites (N-methyl/N-ethyl adjacent to an activating group) is 1. The number of rotatable bonds is 10. The first kappa shape index (κ1) is 25.2. The number of nitrogens with zero attached hydrogens (tertiary/aromatic N) is 2. The van der Waals surface area contributed by atoms with Gasteiger partial charge in [-0.25, -0.2) is 0 Å². The highest BCUT2D eigenvalue weighted by atomic mass is 32.1. The Balaban J connectivity index is 1.60. The number of carbonyl (C=O) groups is 2. The maximum atomic E-state index is 13.6. The molecule has 9 heteroatoms. The monoisotopic (exact) mass is 483 g/mol. The van der Waals surface area contributed by atoms with Gasteiger partial charge in [-0.2, -0.15) is 8.78 Å². The van der Waals surface area contributed by atoms with Crippen molar-refractivity contribution in [2.75, 3.05) is 26.7 Å². The van der Waals surface area contributed by atoms with E-state index in [1.54, 1.807) is 12.1 Å². The lowest BCUT2D eigenvalue weighted by atomic mass is 10.1. The average Bonchev–Trinajstić information content (AvgIpc) is 3.32. The fraction of sp³-hybridized carbons (Fsp3) is 0.565. The molecule has 32 heavy (non-hydrogen) atoms. The molecule has 5 nitrogen and oxygen atoms in total. The average molecular weight is 484 g/mol. The van der Waals surface area contributed by atoms with Crippen LogP contribution < -0.4 is 5.32 Å². The van der Waals surface area contributed by atoms with Crippen LogP contribution in [0.3, 0.4) is 0 Å². The van der Waals surface area contributed by atoms with Crippen LogP contribution in [-0.4, -0.2) is 66.8 Å². The largest absolute Gasteiger partial charge is 0.341 e. The molecule has 1 aromatic carbocycles. The summed E-state index contributed by atoms with van der Waals surface area (Å²) in [6.07, 6.45) is 4.21. The molecule has 1 N–H and O–H groups in total. The minimum Gasteiger partial charge on any atom is -0.341 e. The number of thiophene rings is 1. The van der Waals surface area contributed by atoms with Gasteiger partial charge in [0.15, 0.2) is 0 Å². The molecule has 2 aromatic rings. The molecule has 1 aliphatic heterocycles. The van der Waals surface area contributed by atoms with Gasteiger partial charge in [-0.05, 0) is 69.9 Å². The van der Waals surface area contributed by atoms with E-state index in [2.05, 4.69) is 36.0 Å². The van der Waals surface area contributed by atoms with Crippen LogP contribution in [0.2, 0.25) is 0 Å². The molecule has 3 rings (SSSR count). The second-order valence-corrected chi connectivity index (χ2v) is 10.4. The fourth-order valence-electron chi connectivity index (χ4n) is 4.26. The van der Waals surface area contributed by atoms with Crippen LogP contribution in [0.25, 0.3) is 10.1 Å². The number of alkyl halides is 2. The number of benzene rings is 1. The highest BCUT2D eigenvalue weighted by molar-refractivity contribution is 7.20. The maximum Gasteiger partial charge on any atom is 0.283 e. The summed E-state index contributed by atoms with van der Waals surface area (Å²) in [5.74, 6) is -0.358. The molecule has 1 amide bonds. The van der Waals surface area contributed by atoms with Crippen LogP contribution in [0.4, 0.5) is 8.78 Å². The molecule has 2 heterocycles. The van der Waals surface area contributed by atoms with Crippen molar-refractivity contribution in [1.82, 2.24) is 15.1 Å². The van der Waals surface area contributed by atoms with E-state index in [0.29, 0.717) is 28.9 Å². The first-order chi connectivity index (χ1) is 15.1. The second kappa shape index (κ2) is 10.6. The van der Waals surface area contributed by atoms with E-state index < -0.39 is 11.7 Å². The number of amides is 1. The van der Waals surface area contributed by atoms with Crippen LogP contribution in [0.1, 0.15) is 48.3 Å². The van der Waals surface area contributed by atoms with Crippen molar-refractivity contribution in [2.45, 2.75) is 56.9 Å². The van der Waals surface area contributed by atoms with Crippen molar-refractivity contribution < 1.29 is 18.4 Å². The van der Waals surface area contributed by atoms with Gasteiger partial charge in [0.1, 0.15) is 6.29 Å². The summed E-state index contributed by atoms with van der Waals surface area (Å²) < 4.78 is 27.9. The van der Waals surface area contributed by atoms with E-state index >= 15 is 0 Å². The smallest absolute Gasteiger partial charge is 0.283 e. The zero-order chi connectivity index (χ0) is 23.5. The molecule has 0 saturated carbocycles. The predicted molar refractivity (Wildman–Crippen MR) is 130 cm³/mol. The Morgan fingerprint density at radius 3 is 2.75 bits per heavy atom. The molecule has 1 fully saturated rings. The molecule has 1 aliphatic rings. The Labute approximate surface area is 194 Å². The lowest BCUT2D eigenvalue weighted by Crippen LogP contribution is -2.45. The number of carbonyl (C=O) groups excluding carboxylic acids is 2. The molecule has 0 aliphatic carbocycles. The molecule has 176 valence electrons. The Hall–Kier alpha value is -1.47. The zero-order valence-electron chi connectivity index (χ0n) is 18.8. The fourth-order valence-corrected chi connectivity index (χ4v) is 5.39. The van der Waals surface area contributed by atoms with Gasteiger partial charge < -0.3 is 19.9 Å². The Bertz CT molecular complexity index is 949. The zero-order valence-corrected chi connectivity index (χ0v) is 20.8. The summed E-state index contributed by atoms with van der Waals surface area (Å²) in [6.45, 7) is 6.41. The van der Waals surface area contributed by atoms with Gasteiger partial charge in [0, 0.05) is 28.9 Å². The van der Waals surface area contributed by atoms with Gasteiger partial charge in [-0.3, -0.25) is 4.79 Å². The van der Waals surface area contributed by atoms with Gasteiger partial charge in [0.2, 0.25) is 0 Å². The molecular weight excluding hydrogens is 451 g/mol. The lowest BCUT2D eigenvalue weighted by molar-refractivity contribution is -0.109. The van der Waals surface area contributed by atoms with E-state index in [-0.39, 0.29) is 11.5 Å². The number of aldehydes is 1. The highest BCUT2D eigenvalue weighted by Crippen LogP contribution is 2.37. The summed E-state index contributed by atoms with van der Waals surface area (Å²) in [5.41, 5.74) is -3.14. The van der Waals surface area contributed by atoms with Crippen molar-refractivity contribution in [2.24, 2.45) is 0 Å². The second-order valence-electron chi connectivity index (χ2n) is 8.63. The van der Waals surface area contributed by atoms with Crippen LogP contribution in [-0.2, 0) is 10.5 Å². The Morgan fingerprint density at radius 2 is 2.16 bits per heavy atom. The van der Waals surface area contributed by atoms with Crippen molar-refractivity contribution in [3.63, 3.8) is 0 Å². The Morgan fingerprint density at radius 1 is 1.41 bits per heavy atom. The van der Waals surface area contributed by atoms with Crippen molar-refractivity contribution in [1.29, 1.82) is 0 Å². The molecule has 1 aromatic heterocycles. The summed E-state index contributed by atoms with van der Waals surface area (Å²) in [4.78, 5) is 29.4. The van der Waals surface area contributed by atoms with Gasteiger partial charge in [0.25, 0.3) is 11.6 Å². The molecular formula is C23H32F2N3O2PS. The molecule has 0 radical (unpaired) electrons.